The topological polar surface area (TPSA) is 68.4 Å². The number of aromatic nitrogens is 3. The molecule has 7 heteroatoms. The van der Waals surface area contributed by atoms with E-state index in [0.717, 1.165) is 4.68 Å². The Hall–Kier alpha value is -2.96. The normalized spacial score (nSPS) is 12.3. The van der Waals surface area contributed by atoms with Crippen molar-refractivity contribution in [1.82, 2.24) is 19.5 Å². The van der Waals surface area contributed by atoms with Crippen LogP contribution in [0.5, 0.6) is 0 Å². The molecule has 23 heavy (non-hydrogen) atoms. The van der Waals surface area contributed by atoms with Crippen LogP contribution in [0.2, 0.25) is 0 Å². The molecule has 3 aromatic rings. The van der Waals surface area contributed by atoms with Crippen LogP contribution in [0.3, 0.4) is 0 Å². The minimum Gasteiger partial charge on any atom is -0.350 e. The molecule has 0 spiro atoms. The smallest absolute Gasteiger partial charge is 0.291 e. The fourth-order valence-corrected chi connectivity index (χ4v) is 2.32. The van der Waals surface area contributed by atoms with Gasteiger partial charge in [-0.2, -0.15) is 5.10 Å². The van der Waals surface area contributed by atoms with Crippen molar-refractivity contribution in [3.8, 4) is 0 Å². The molecule has 3 rings (SSSR count). The highest BCUT2D eigenvalue weighted by Crippen LogP contribution is 2.07. The Morgan fingerprint density at radius 3 is 2.87 bits per heavy atom. The highest BCUT2D eigenvalue weighted by molar-refractivity contribution is 5.79. The van der Waals surface area contributed by atoms with E-state index in [9.17, 15) is 14.0 Å². The van der Waals surface area contributed by atoms with Gasteiger partial charge in [-0.05, 0) is 25.1 Å². The number of benzene rings is 1. The molecule has 0 radical (unpaired) electrons. The summed E-state index contributed by atoms with van der Waals surface area (Å²) < 4.78 is 16.2. The Labute approximate surface area is 131 Å². The number of hydrogen-bond acceptors (Lipinski definition) is 3. The second-order valence-corrected chi connectivity index (χ2v) is 5.17. The van der Waals surface area contributed by atoms with Crippen molar-refractivity contribution in [2.45, 2.75) is 19.5 Å². The SMILES string of the molecule is C[C@@H](C(=O)NCc1ccccc1F)n1ncn2cccc2c1=O. The first-order valence-electron chi connectivity index (χ1n) is 7.13. The lowest BCUT2D eigenvalue weighted by Crippen LogP contribution is -2.37. The highest BCUT2D eigenvalue weighted by Gasteiger charge is 2.18. The predicted molar refractivity (Wildman–Crippen MR) is 82.4 cm³/mol. The van der Waals surface area contributed by atoms with Crippen LogP contribution in [-0.4, -0.2) is 20.1 Å². The van der Waals surface area contributed by atoms with E-state index < -0.39 is 11.9 Å². The zero-order valence-corrected chi connectivity index (χ0v) is 12.4. The second-order valence-electron chi connectivity index (χ2n) is 5.17. The molecular weight excluding hydrogens is 299 g/mol. The van der Waals surface area contributed by atoms with Crippen LogP contribution in [0, 0.1) is 5.82 Å². The van der Waals surface area contributed by atoms with Gasteiger partial charge in [0.25, 0.3) is 5.56 Å². The molecule has 2 heterocycles. The van der Waals surface area contributed by atoms with E-state index in [0.29, 0.717) is 11.1 Å². The third-order valence-electron chi connectivity index (χ3n) is 3.66. The number of nitrogens with one attached hydrogen (secondary N) is 1. The van der Waals surface area contributed by atoms with E-state index in [-0.39, 0.29) is 17.9 Å². The maximum absolute atomic E-state index is 13.5. The van der Waals surface area contributed by atoms with Gasteiger partial charge >= 0.3 is 0 Å². The van der Waals surface area contributed by atoms with E-state index in [1.54, 1.807) is 47.9 Å². The molecule has 0 bridgehead atoms. The summed E-state index contributed by atoms with van der Waals surface area (Å²) in [5.74, 6) is -0.788. The predicted octanol–water partition coefficient (Wildman–Crippen LogP) is 1.51. The van der Waals surface area contributed by atoms with Crippen LogP contribution in [0.15, 0.2) is 53.7 Å². The van der Waals surface area contributed by atoms with Gasteiger partial charge in [-0.3, -0.25) is 9.59 Å². The van der Waals surface area contributed by atoms with Gasteiger partial charge in [0.1, 0.15) is 23.7 Å². The summed E-state index contributed by atoms with van der Waals surface area (Å²) in [5.41, 5.74) is 0.468. The van der Waals surface area contributed by atoms with Gasteiger partial charge in [-0.25, -0.2) is 9.07 Å². The van der Waals surface area contributed by atoms with Crippen molar-refractivity contribution in [2.24, 2.45) is 0 Å². The summed E-state index contributed by atoms with van der Waals surface area (Å²) in [6.45, 7) is 1.63. The molecule has 0 saturated carbocycles. The quantitative estimate of drug-likeness (QED) is 0.794. The molecular formula is C16H15FN4O2. The standard InChI is InChI=1S/C16H15FN4O2/c1-11(15(22)18-9-12-5-2-3-6-13(12)17)21-16(23)14-7-4-8-20(14)10-19-21/h2-8,10-11H,9H2,1H3,(H,18,22)/t11-/m0/s1. The van der Waals surface area contributed by atoms with Crippen LogP contribution in [-0.2, 0) is 11.3 Å². The van der Waals surface area contributed by atoms with Crippen LogP contribution in [0.25, 0.3) is 5.52 Å². The second kappa shape index (κ2) is 6.04. The van der Waals surface area contributed by atoms with Gasteiger partial charge in [0.05, 0.1) is 0 Å². The van der Waals surface area contributed by atoms with E-state index >= 15 is 0 Å². The molecule has 0 aliphatic rings. The van der Waals surface area contributed by atoms with Crippen LogP contribution < -0.4 is 10.9 Å². The molecule has 1 aromatic carbocycles. The Morgan fingerprint density at radius 2 is 2.09 bits per heavy atom. The van der Waals surface area contributed by atoms with Crippen molar-refractivity contribution in [3.63, 3.8) is 0 Å². The van der Waals surface area contributed by atoms with Gasteiger partial charge in [-0.1, -0.05) is 18.2 Å². The summed E-state index contributed by atoms with van der Waals surface area (Å²) in [7, 11) is 0. The largest absolute Gasteiger partial charge is 0.350 e. The molecule has 0 aliphatic carbocycles. The number of nitrogens with zero attached hydrogens (tertiary/aromatic N) is 3. The van der Waals surface area contributed by atoms with Crippen molar-refractivity contribution in [1.29, 1.82) is 0 Å². The Balaban J connectivity index is 1.77. The molecule has 1 atom stereocenters. The molecule has 0 saturated heterocycles. The number of carbonyl (C=O) groups is 1. The Kier molecular flexibility index (Phi) is 3.92. The van der Waals surface area contributed by atoms with Crippen LogP contribution in [0.1, 0.15) is 18.5 Å². The number of amides is 1. The highest BCUT2D eigenvalue weighted by atomic mass is 19.1. The lowest BCUT2D eigenvalue weighted by atomic mass is 10.2. The molecule has 6 nitrogen and oxygen atoms in total. The van der Waals surface area contributed by atoms with Gasteiger partial charge in [-0.15, -0.1) is 0 Å². The fourth-order valence-electron chi connectivity index (χ4n) is 2.32. The first kappa shape index (κ1) is 15.0. The van der Waals surface area contributed by atoms with E-state index in [1.807, 2.05) is 0 Å². The number of rotatable bonds is 4. The van der Waals surface area contributed by atoms with E-state index in [1.165, 1.54) is 12.4 Å². The van der Waals surface area contributed by atoms with Crippen LogP contribution >= 0.6 is 0 Å². The molecule has 0 fully saturated rings. The summed E-state index contributed by atoms with van der Waals surface area (Å²) in [6, 6.07) is 8.79. The summed E-state index contributed by atoms with van der Waals surface area (Å²) in [6.07, 6.45) is 3.17. The maximum atomic E-state index is 13.5. The van der Waals surface area contributed by atoms with Crippen molar-refractivity contribution in [2.75, 3.05) is 0 Å². The van der Waals surface area contributed by atoms with Crippen molar-refractivity contribution < 1.29 is 9.18 Å². The minimum atomic E-state index is -0.797. The first-order chi connectivity index (χ1) is 11.1. The zero-order chi connectivity index (χ0) is 16.4. The number of fused-ring (bicyclic) bond motifs is 1. The fraction of sp³-hybridized carbons (Fsp3) is 0.188. The molecule has 1 N–H and O–H groups in total. The minimum absolute atomic E-state index is 0.0535. The average Bonchev–Trinajstić information content (AvgIpc) is 3.03. The van der Waals surface area contributed by atoms with E-state index in [2.05, 4.69) is 10.4 Å². The molecule has 118 valence electrons. The first-order valence-corrected chi connectivity index (χ1v) is 7.13. The van der Waals surface area contributed by atoms with E-state index in [4.69, 9.17) is 0 Å². The number of carbonyl (C=O) groups excluding carboxylic acids is 1. The zero-order valence-electron chi connectivity index (χ0n) is 12.4. The Morgan fingerprint density at radius 1 is 1.30 bits per heavy atom. The molecule has 0 aliphatic heterocycles. The third-order valence-corrected chi connectivity index (χ3v) is 3.66. The van der Waals surface area contributed by atoms with Gasteiger partial charge in [0, 0.05) is 18.3 Å². The van der Waals surface area contributed by atoms with Crippen molar-refractivity contribution in [3.05, 3.63) is 70.7 Å². The van der Waals surface area contributed by atoms with Gasteiger partial charge in [0.15, 0.2) is 0 Å². The molecule has 0 unspecified atom stereocenters. The van der Waals surface area contributed by atoms with Crippen LogP contribution in [0.4, 0.5) is 4.39 Å². The Bertz CT molecular complexity index is 916. The molecule has 1 amide bonds. The summed E-state index contributed by atoms with van der Waals surface area (Å²) in [4.78, 5) is 24.5. The number of halogens is 1. The monoisotopic (exact) mass is 314 g/mol. The van der Waals surface area contributed by atoms with Crippen molar-refractivity contribution >= 4 is 11.4 Å². The summed E-state index contributed by atoms with van der Waals surface area (Å²) in [5, 5.41) is 6.63. The average molecular weight is 314 g/mol. The number of hydrogen-bond donors (Lipinski definition) is 1. The van der Waals surface area contributed by atoms with Gasteiger partial charge < -0.3 is 9.72 Å². The summed E-state index contributed by atoms with van der Waals surface area (Å²) >= 11 is 0. The maximum Gasteiger partial charge on any atom is 0.291 e. The van der Waals surface area contributed by atoms with Gasteiger partial charge in [0.2, 0.25) is 5.91 Å². The lowest BCUT2D eigenvalue weighted by molar-refractivity contribution is -0.124. The lowest BCUT2D eigenvalue weighted by Gasteiger charge is -2.14. The third kappa shape index (κ3) is 2.85. The molecule has 2 aromatic heterocycles.